The smallest absolute Gasteiger partial charge is 0.407 e. The van der Waals surface area contributed by atoms with Gasteiger partial charge in [0.15, 0.2) is 0 Å². The van der Waals surface area contributed by atoms with Gasteiger partial charge in [-0.1, -0.05) is 71.9 Å². The van der Waals surface area contributed by atoms with Crippen molar-refractivity contribution in [3.8, 4) is 17.4 Å². The van der Waals surface area contributed by atoms with Crippen LogP contribution in [0.2, 0.25) is 11.1 Å². The number of aromatic nitrogens is 1. The first kappa shape index (κ1) is 37.6. The van der Waals surface area contributed by atoms with E-state index in [-0.39, 0.29) is 34.9 Å². The van der Waals surface area contributed by atoms with E-state index in [9.17, 15) is 9.90 Å². The van der Waals surface area contributed by atoms with Gasteiger partial charge in [0.2, 0.25) is 14.2 Å². The van der Waals surface area contributed by atoms with E-state index in [2.05, 4.69) is 69.6 Å². The first-order valence-electron chi connectivity index (χ1n) is 17.9. The molecule has 10 nitrogen and oxygen atoms in total. The molecule has 1 fully saturated rings. The minimum Gasteiger partial charge on any atom is -0.484 e. The van der Waals surface area contributed by atoms with Crippen molar-refractivity contribution in [3.63, 3.8) is 0 Å². The molecule has 272 valence electrons. The molecular weight excluding hydrogens is 651 g/mol. The molecule has 1 saturated heterocycles. The second-order valence-electron chi connectivity index (χ2n) is 14.6. The van der Waals surface area contributed by atoms with E-state index in [1.807, 2.05) is 48.5 Å². The molecule has 2 aromatic carbocycles. The van der Waals surface area contributed by atoms with Crippen LogP contribution in [0.5, 0.6) is 17.4 Å². The Morgan fingerprint density at radius 2 is 1.72 bits per heavy atom. The van der Waals surface area contributed by atoms with Crippen molar-refractivity contribution in [1.82, 2.24) is 9.88 Å². The molecule has 5 rings (SSSR count). The number of carboxylic acid groups (broad SMARTS) is 1. The van der Waals surface area contributed by atoms with Gasteiger partial charge in [-0.25, -0.2) is 9.78 Å². The quantitative estimate of drug-likeness (QED) is 0.125. The Morgan fingerprint density at radius 3 is 2.38 bits per heavy atom. The van der Waals surface area contributed by atoms with Gasteiger partial charge < -0.3 is 38.3 Å². The lowest BCUT2D eigenvalue weighted by molar-refractivity contribution is -0.0879. The van der Waals surface area contributed by atoms with Crippen molar-refractivity contribution < 1.29 is 33.3 Å². The number of ether oxygens (including phenoxy) is 4. The molecule has 2 aliphatic heterocycles. The molecule has 0 spiro atoms. The number of piperidine rings is 1. The van der Waals surface area contributed by atoms with Crippen molar-refractivity contribution in [3.05, 3.63) is 78.5 Å². The topological polar surface area (TPSA) is 103 Å². The maximum atomic E-state index is 12.2. The van der Waals surface area contributed by atoms with Gasteiger partial charge in [0, 0.05) is 44.1 Å². The monoisotopic (exact) mass is 705 g/mol. The standard InChI is InChI=1S/C39H55N3O7Si/c1-28(2)50(29(3)4,39(5,6)30-16-18-31(19-17-30)48-37-15-10-11-21-40-37)49-35-20-23-42(38(43)44)26-36(35)46-27-32-25-41(22-12-24-45-7)33-13-8-9-14-34(33)47-32/h8-11,13-19,21,28-29,32,35-36H,12,20,22-27H2,1-7H3,(H,43,44). The third kappa shape index (κ3) is 8.28. The molecule has 1 aromatic heterocycles. The SMILES string of the molecule is COCCCN1CC(COC2CN(C(=O)O)CCC2O[Si](C(C)C)(C(C)C)C(C)(C)c2ccc(Oc3ccccn3)cc2)Oc2ccccc21. The number of nitrogens with zero attached hydrogens (tertiary/aromatic N) is 3. The third-order valence-electron chi connectivity index (χ3n) is 10.4. The summed E-state index contributed by atoms with van der Waals surface area (Å²) in [5.41, 5.74) is 2.78. The second kappa shape index (κ2) is 16.6. The average Bonchev–Trinajstić information content (AvgIpc) is 3.10. The van der Waals surface area contributed by atoms with Gasteiger partial charge in [-0.05, 0) is 59.8 Å². The zero-order valence-electron chi connectivity index (χ0n) is 30.7. The lowest BCUT2D eigenvalue weighted by Gasteiger charge is -2.53. The summed E-state index contributed by atoms with van der Waals surface area (Å²) < 4.78 is 32.0. The van der Waals surface area contributed by atoms with Crippen molar-refractivity contribution in [2.75, 3.05) is 51.4 Å². The maximum absolute atomic E-state index is 12.2. The van der Waals surface area contributed by atoms with Gasteiger partial charge in [0.05, 0.1) is 31.5 Å². The third-order valence-corrected chi connectivity index (χ3v) is 16.8. The zero-order valence-corrected chi connectivity index (χ0v) is 31.7. The predicted octanol–water partition coefficient (Wildman–Crippen LogP) is 7.91. The first-order chi connectivity index (χ1) is 24.0. The molecule has 1 amide bonds. The molecule has 0 aliphatic carbocycles. The van der Waals surface area contributed by atoms with Crippen molar-refractivity contribution in [2.45, 2.75) is 88.8 Å². The van der Waals surface area contributed by atoms with Crippen LogP contribution in [0.25, 0.3) is 0 Å². The number of pyridine rings is 1. The van der Waals surface area contributed by atoms with Crippen LogP contribution in [0.4, 0.5) is 10.5 Å². The van der Waals surface area contributed by atoms with Crippen molar-refractivity contribution in [1.29, 1.82) is 0 Å². The van der Waals surface area contributed by atoms with Crippen LogP contribution in [0.3, 0.4) is 0 Å². The van der Waals surface area contributed by atoms with E-state index in [1.54, 1.807) is 13.3 Å². The fourth-order valence-electron chi connectivity index (χ4n) is 8.15. The number of fused-ring (bicyclic) bond motifs is 1. The zero-order chi connectivity index (χ0) is 35.9. The van der Waals surface area contributed by atoms with Gasteiger partial charge in [0.1, 0.15) is 23.7 Å². The molecular formula is C39H55N3O7Si. The fourth-order valence-corrected chi connectivity index (χ4v) is 14.6. The van der Waals surface area contributed by atoms with Crippen molar-refractivity contribution in [2.24, 2.45) is 0 Å². The number of anilines is 1. The van der Waals surface area contributed by atoms with Crippen LogP contribution < -0.4 is 14.4 Å². The Kier molecular flexibility index (Phi) is 12.5. The Bertz CT molecular complexity index is 1510. The van der Waals surface area contributed by atoms with Crippen LogP contribution in [0.1, 0.15) is 59.9 Å². The molecule has 50 heavy (non-hydrogen) atoms. The number of methoxy groups -OCH3 is 1. The number of hydrogen-bond acceptors (Lipinski definition) is 8. The van der Waals surface area contributed by atoms with Crippen LogP contribution in [-0.2, 0) is 18.9 Å². The summed E-state index contributed by atoms with van der Waals surface area (Å²) in [6.07, 6.45) is 1.34. The maximum Gasteiger partial charge on any atom is 0.407 e. The average molecular weight is 706 g/mol. The predicted molar refractivity (Wildman–Crippen MR) is 198 cm³/mol. The fraction of sp³-hybridized carbons (Fsp3) is 0.538. The highest BCUT2D eigenvalue weighted by Crippen LogP contribution is 2.49. The summed E-state index contributed by atoms with van der Waals surface area (Å²) in [4.78, 5) is 20.3. The highest BCUT2D eigenvalue weighted by atomic mass is 28.4. The number of hydrogen-bond donors (Lipinski definition) is 1. The van der Waals surface area contributed by atoms with Crippen LogP contribution in [0, 0.1) is 0 Å². The van der Waals surface area contributed by atoms with Crippen LogP contribution in [0.15, 0.2) is 72.9 Å². The molecule has 3 heterocycles. The summed E-state index contributed by atoms with van der Waals surface area (Å²) in [6.45, 7) is 16.9. The summed E-state index contributed by atoms with van der Waals surface area (Å²) >= 11 is 0. The number of para-hydroxylation sites is 2. The Hall–Kier alpha value is -3.64. The second-order valence-corrected chi connectivity index (χ2v) is 19.9. The van der Waals surface area contributed by atoms with Gasteiger partial charge in [0.25, 0.3) is 0 Å². The number of benzene rings is 2. The van der Waals surface area contributed by atoms with Gasteiger partial charge in [-0.2, -0.15) is 0 Å². The molecule has 0 bridgehead atoms. The van der Waals surface area contributed by atoms with E-state index < -0.39 is 20.5 Å². The highest BCUT2D eigenvalue weighted by Gasteiger charge is 2.57. The van der Waals surface area contributed by atoms with E-state index in [1.165, 1.54) is 10.5 Å². The van der Waals surface area contributed by atoms with Gasteiger partial charge in [-0.3, -0.25) is 0 Å². The molecule has 3 aromatic rings. The summed E-state index contributed by atoms with van der Waals surface area (Å²) in [5, 5.41) is 9.69. The van der Waals surface area contributed by atoms with E-state index >= 15 is 0 Å². The highest BCUT2D eigenvalue weighted by molar-refractivity contribution is 6.79. The first-order valence-corrected chi connectivity index (χ1v) is 20.0. The normalized spacial score (nSPS) is 19.7. The molecule has 0 saturated carbocycles. The number of carbonyl (C=O) groups is 1. The lowest BCUT2D eigenvalue weighted by Crippen LogP contribution is -2.64. The number of likely N-dealkylation sites (tertiary alicyclic amines) is 1. The van der Waals surface area contributed by atoms with E-state index in [0.717, 1.165) is 30.2 Å². The number of rotatable bonds is 15. The summed E-state index contributed by atoms with van der Waals surface area (Å²) in [5.74, 6) is 2.11. The van der Waals surface area contributed by atoms with Crippen molar-refractivity contribution >= 4 is 20.1 Å². The summed E-state index contributed by atoms with van der Waals surface area (Å²) in [7, 11) is -0.963. The molecule has 1 N–H and O–H groups in total. The Balaban J connectivity index is 1.37. The molecule has 3 atom stereocenters. The minimum absolute atomic E-state index is 0.214. The van der Waals surface area contributed by atoms with Gasteiger partial charge in [-0.15, -0.1) is 0 Å². The van der Waals surface area contributed by atoms with Gasteiger partial charge >= 0.3 is 6.09 Å². The molecule has 0 radical (unpaired) electrons. The Labute approximate surface area is 298 Å². The van der Waals surface area contributed by atoms with Crippen LogP contribution >= 0.6 is 0 Å². The largest absolute Gasteiger partial charge is 0.484 e. The molecule has 3 unspecified atom stereocenters. The van der Waals surface area contributed by atoms with E-state index in [0.29, 0.717) is 38.6 Å². The van der Waals surface area contributed by atoms with E-state index in [4.69, 9.17) is 23.4 Å². The number of amides is 1. The summed E-state index contributed by atoms with van der Waals surface area (Å²) in [6, 6.07) is 22.0. The molecule has 11 heteroatoms. The Morgan fingerprint density at radius 1 is 1.00 bits per heavy atom. The lowest BCUT2D eigenvalue weighted by atomic mass is 10.0. The molecule has 2 aliphatic rings. The minimum atomic E-state index is -2.68. The van der Waals surface area contributed by atoms with Crippen LogP contribution in [-0.4, -0.2) is 94.2 Å².